The number of sulfonamides is 1. The Kier molecular flexibility index (Phi) is 6.64. The molecular weight excluding hydrogens is 398 g/mol. The largest absolute Gasteiger partial charge is 0.352 e. The quantitative estimate of drug-likeness (QED) is 0.773. The number of nitrogens with zero attached hydrogens (tertiary/aromatic N) is 1. The van der Waals surface area contributed by atoms with Crippen LogP contribution in [-0.2, 0) is 10.0 Å². The third-order valence-electron chi connectivity index (χ3n) is 5.15. The van der Waals surface area contributed by atoms with E-state index < -0.39 is 33.1 Å². The van der Waals surface area contributed by atoms with Gasteiger partial charge < -0.3 is 5.32 Å². The van der Waals surface area contributed by atoms with E-state index in [0.717, 1.165) is 30.5 Å². The second-order valence-electron chi connectivity index (χ2n) is 7.22. The van der Waals surface area contributed by atoms with Crippen LogP contribution in [0.2, 0.25) is 0 Å². The van der Waals surface area contributed by atoms with Gasteiger partial charge in [0.15, 0.2) is 0 Å². The SMILES string of the molecule is Cc1ccc(S(=O)(=O)N2CCCCC2CCNC(=O)c2c(F)cccc2F)cc1. The lowest BCUT2D eigenvalue weighted by atomic mass is 10.0. The fraction of sp³-hybridized carbons (Fsp3) is 0.381. The maximum absolute atomic E-state index is 13.7. The lowest BCUT2D eigenvalue weighted by Gasteiger charge is -2.34. The van der Waals surface area contributed by atoms with Crippen molar-refractivity contribution < 1.29 is 22.0 Å². The van der Waals surface area contributed by atoms with E-state index in [9.17, 15) is 22.0 Å². The van der Waals surface area contributed by atoms with Crippen molar-refractivity contribution in [1.82, 2.24) is 9.62 Å². The van der Waals surface area contributed by atoms with Crippen LogP contribution in [0, 0.1) is 18.6 Å². The molecule has 3 rings (SSSR count). The highest BCUT2D eigenvalue weighted by atomic mass is 32.2. The van der Waals surface area contributed by atoms with E-state index in [1.165, 1.54) is 10.4 Å². The van der Waals surface area contributed by atoms with Crippen molar-refractivity contribution in [1.29, 1.82) is 0 Å². The van der Waals surface area contributed by atoms with Crippen LogP contribution in [0.4, 0.5) is 8.78 Å². The normalized spacial score (nSPS) is 17.8. The first-order valence-electron chi connectivity index (χ1n) is 9.61. The standard InChI is InChI=1S/C21H24F2N2O3S/c1-15-8-10-17(11-9-15)29(27,28)25-14-3-2-5-16(25)12-13-24-21(26)20-18(22)6-4-7-19(20)23/h4,6-11,16H,2-3,5,12-14H2,1H3,(H,24,26). The maximum atomic E-state index is 13.7. The lowest BCUT2D eigenvalue weighted by Crippen LogP contribution is -2.45. The fourth-order valence-electron chi connectivity index (χ4n) is 3.58. The molecule has 0 saturated carbocycles. The van der Waals surface area contributed by atoms with Gasteiger partial charge in [-0.15, -0.1) is 0 Å². The van der Waals surface area contributed by atoms with E-state index in [-0.39, 0.29) is 17.5 Å². The van der Waals surface area contributed by atoms with E-state index >= 15 is 0 Å². The summed E-state index contributed by atoms with van der Waals surface area (Å²) < 4.78 is 55.1. The Bertz CT molecular complexity index is 958. The van der Waals surface area contributed by atoms with Gasteiger partial charge in [0, 0.05) is 19.1 Å². The highest BCUT2D eigenvalue weighted by Gasteiger charge is 2.33. The topological polar surface area (TPSA) is 66.5 Å². The third-order valence-corrected chi connectivity index (χ3v) is 7.12. The zero-order chi connectivity index (χ0) is 21.0. The molecule has 0 aliphatic carbocycles. The Morgan fingerprint density at radius 1 is 1.10 bits per heavy atom. The van der Waals surface area contributed by atoms with Crippen LogP contribution in [0.15, 0.2) is 47.4 Å². The summed E-state index contributed by atoms with van der Waals surface area (Å²) in [7, 11) is -3.64. The fourth-order valence-corrected chi connectivity index (χ4v) is 5.30. The number of aryl methyl sites for hydroxylation is 1. The minimum absolute atomic E-state index is 0.122. The first-order valence-corrected chi connectivity index (χ1v) is 11.1. The van der Waals surface area contributed by atoms with Crippen molar-refractivity contribution >= 4 is 15.9 Å². The average molecular weight is 422 g/mol. The monoisotopic (exact) mass is 422 g/mol. The molecule has 29 heavy (non-hydrogen) atoms. The molecule has 5 nitrogen and oxygen atoms in total. The van der Waals surface area contributed by atoms with Crippen molar-refractivity contribution in [2.24, 2.45) is 0 Å². The van der Waals surface area contributed by atoms with Crippen LogP contribution in [0.25, 0.3) is 0 Å². The number of piperidine rings is 1. The second kappa shape index (κ2) is 9.00. The Labute approximate surface area is 169 Å². The van der Waals surface area contributed by atoms with Crippen LogP contribution >= 0.6 is 0 Å². The van der Waals surface area contributed by atoms with Crippen molar-refractivity contribution in [3.05, 3.63) is 65.2 Å². The molecule has 2 aromatic carbocycles. The third kappa shape index (κ3) is 4.82. The van der Waals surface area contributed by atoms with Crippen LogP contribution in [0.1, 0.15) is 41.6 Å². The number of rotatable bonds is 6. The summed E-state index contributed by atoms with van der Waals surface area (Å²) >= 11 is 0. The average Bonchev–Trinajstić information content (AvgIpc) is 2.68. The molecule has 1 atom stereocenters. The van der Waals surface area contributed by atoms with Gasteiger partial charge >= 0.3 is 0 Å². The Morgan fingerprint density at radius 2 is 1.76 bits per heavy atom. The van der Waals surface area contributed by atoms with Gasteiger partial charge in [-0.05, 0) is 50.5 Å². The number of amides is 1. The van der Waals surface area contributed by atoms with E-state index in [2.05, 4.69) is 5.32 Å². The van der Waals surface area contributed by atoms with Crippen molar-refractivity contribution in [2.45, 2.75) is 43.5 Å². The molecule has 1 aliphatic heterocycles. The molecule has 1 heterocycles. The molecular formula is C21H24F2N2O3S. The summed E-state index contributed by atoms with van der Waals surface area (Å²) in [6.07, 6.45) is 2.71. The Balaban J connectivity index is 1.67. The first kappa shape index (κ1) is 21.4. The van der Waals surface area contributed by atoms with Crippen molar-refractivity contribution in [3.8, 4) is 0 Å². The lowest BCUT2D eigenvalue weighted by molar-refractivity contribution is 0.0941. The number of halogens is 2. The number of hydrogen-bond acceptors (Lipinski definition) is 3. The van der Waals surface area contributed by atoms with Gasteiger partial charge in [-0.1, -0.05) is 30.2 Å². The van der Waals surface area contributed by atoms with E-state index in [4.69, 9.17) is 0 Å². The van der Waals surface area contributed by atoms with Crippen molar-refractivity contribution in [3.63, 3.8) is 0 Å². The summed E-state index contributed by atoms with van der Waals surface area (Å²) in [6, 6.07) is 9.67. The minimum Gasteiger partial charge on any atom is -0.352 e. The molecule has 1 aliphatic rings. The van der Waals surface area contributed by atoms with E-state index in [1.54, 1.807) is 24.3 Å². The van der Waals surface area contributed by atoms with Gasteiger partial charge in [-0.25, -0.2) is 17.2 Å². The highest BCUT2D eigenvalue weighted by Crippen LogP contribution is 2.27. The summed E-state index contributed by atoms with van der Waals surface area (Å²) in [6.45, 7) is 2.43. The first-order chi connectivity index (χ1) is 13.8. The van der Waals surface area contributed by atoms with Crippen LogP contribution in [-0.4, -0.2) is 37.8 Å². The van der Waals surface area contributed by atoms with Gasteiger partial charge in [0.2, 0.25) is 10.0 Å². The van der Waals surface area contributed by atoms with Gasteiger partial charge in [-0.3, -0.25) is 4.79 Å². The number of carbonyl (C=O) groups excluding carboxylic acids is 1. The van der Waals surface area contributed by atoms with Gasteiger partial charge in [0.1, 0.15) is 17.2 Å². The zero-order valence-electron chi connectivity index (χ0n) is 16.2. The Hall–Kier alpha value is -2.32. The highest BCUT2D eigenvalue weighted by molar-refractivity contribution is 7.89. The molecule has 0 radical (unpaired) electrons. The molecule has 1 unspecified atom stereocenters. The summed E-state index contributed by atoms with van der Waals surface area (Å²) in [4.78, 5) is 12.4. The minimum atomic E-state index is -3.64. The maximum Gasteiger partial charge on any atom is 0.257 e. The summed E-state index contributed by atoms with van der Waals surface area (Å²) in [5.41, 5.74) is 0.350. The molecule has 8 heteroatoms. The van der Waals surface area contributed by atoms with Crippen LogP contribution < -0.4 is 5.32 Å². The molecule has 1 fully saturated rings. The molecule has 1 saturated heterocycles. The van der Waals surface area contributed by atoms with Gasteiger partial charge in [0.25, 0.3) is 5.91 Å². The van der Waals surface area contributed by atoms with Crippen LogP contribution in [0.5, 0.6) is 0 Å². The van der Waals surface area contributed by atoms with E-state index in [1.807, 2.05) is 6.92 Å². The molecule has 0 spiro atoms. The van der Waals surface area contributed by atoms with Crippen LogP contribution in [0.3, 0.4) is 0 Å². The second-order valence-corrected chi connectivity index (χ2v) is 9.11. The molecule has 0 bridgehead atoms. The predicted octanol–water partition coefficient (Wildman–Crippen LogP) is 3.64. The van der Waals surface area contributed by atoms with Gasteiger partial charge in [0.05, 0.1) is 4.90 Å². The van der Waals surface area contributed by atoms with Gasteiger partial charge in [-0.2, -0.15) is 4.31 Å². The molecule has 1 amide bonds. The molecule has 0 aromatic heterocycles. The number of hydrogen-bond donors (Lipinski definition) is 1. The zero-order valence-corrected chi connectivity index (χ0v) is 17.0. The number of benzene rings is 2. The molecule has 2 aromatic rings. The molecule has 156 valence electrons. The number of nitrogens with one attached hydrogen (secondary N) is 1. The number of carbonyl (C=O) groups is 1. The smallest absolute Gasteiger partial charge is 0.257 e. The summed E-state index contributed by atoms with van der Waals surface area (Å²) in [5.74, 6) is -2.70. The summed E-state index contributed by atoms with van der Waals surface area (Å²) in [5, 5.41) is 2.51. The van der Waals surface area contributed by atoms with E-state index in [0.29, 0.717) is 19.4 Å². The molecule has 1 N–H and O–H groups in total. The van der Waals surface area contributed by atoms with Crippen molar-refractivity contribution in [2.75, 3.05) is 13.1 Å². The predicted molar refractivity (Wildman–Crippen MR) is 106 cm³/mol. The Morgan fingerprint density at radius 3 is 2.41 bits per heavy atom.